The third-order valence-electron chi connectivity index (χ3n) is 4.24. The molecule has 2 aromatic carbocycles. The summed E-state index contributed by atoms with van der Waals surface area (Å²) in [6.45, 7) is 1.83. The molecule has 0 bridgehead atoms. The smallest absolute Gasteiger partial charge is 0.250 e. The molecule has 0 radical (unpaired) electrons. The number of para-hydroxylation sites is 1. The maximum absolute atomic E-state index is 14.3. The van der Waals surface area contributed by atoms with Gasteiger partial charge >= 0.3 is 0 Å². The van der Waals surface area contributed by atoms with Crippen molar-refractivity contribution in [3.8, 4) is 0 Å². The lowest BCUT2D eigenvalue weighted by Crippen LogP contribution is -2.25. The number of carbonyl (C=O) groups excluding carboxylic acids is 1. The zero-order valence-electron chi connectivity index (χ0n) is 15.2. The summed E-state index contributed by atoms with van der Waals surface area (Å²) in [5.41, 5.74) is 5.91. The fourth-order valence-electron chi connectivity index (χ4n) is 2.99. The van der Waals surface area contributed by atoms with Crippen LogP contribution in [0, 0.1) is 24.4 Å². The van der Waals surface area contributed by atoms with Gasteiger partial charge in [0.1, 0.15) is 17.5 Å². The number of benzene rings is 2. The normalized spacial score (nSPS) is 12.2. The lowest BCUT2D eigenvalue weighted by Gasteiger charge is -2.21. The Morgan fingerprint density at radius 3 is 2.54 bits per heavy atom. The average Bonchev–Trinajstić information content (AvgIpc) is 2.63. The van der Waals surface area contributed by atoms with E-state index in [0.717, 1.165) is 6.07 Å². The monoisotopic (exact) mass is 389 g/mol. The Labute approximate surface area is 159 Å². The number of nitrogens with two attached hydrogens (primary N) is 1. The highest BCUT2D eigenvalue weighted by molar-refractivity contribution is 6.07. The van der Waals surface area contributed by atoms with Gasteiger partial charge in [-0.1, -0.05) is 6.07 Å². The second-order valence-electron chi connectivity index (χ2n) is 6.23. The molecule has 28 heavy (non-hydrogen) atoms. The van der Waals surface area contributed by atoms with Crippen LogP contribution in [0.3, 0.4) is 0 Å². The molecular weight excluding hydrogens is 371 g/mol. The highest BCUT2D eigenvalue weighted by Crippen LogP contribution is 2.28. The minimum absolute atomic E-state index is 0.0660. The molecule has 1 aromatic heterocycles. The van der Waals surface area contributed by atoms with Crippen LogP contribution in [0.1, 0.15) is 27.8 Å². The van der Waals surface area contributed by atoms with Crippen molar-refractivity contribution in [1.29, 1.82) is 0 Å². The van der Waals surface area contributed by atoms with Crippen LogP contribution in [-0.4, -0.2) is 29.5 Å². The van der Waals surface area contributed by atoms with Crippen molar-refractivity contribution in [3.05, 3.63) is 64.7 Å². The number of primary amides is 1. The number of halogens is 3. The fraction of sp³-hybridized carbons (Fsp3) is 0.211. The molecule has 3 aromatic rings. The van der Waals surface area contributed by atoms with Crippen LogP contribution in [-0.2, 0) is 0 Å². The quantitative estimate of drug-likeness (QED) is 0.564. The Balaban J connectivity index is 2.12. The largest absolute Gasteiger partial charge is 0.366 e. The first-order chi connectivity index (χ1) is 13.3. The summed E-state index contributed by atoms with van der Waals surface area (Å²) >= 11 is 0. The van der Waals surface area contributed by atoms with Gasteiger partial charge in [0.25, 0.3) is 5.91 Å². The number of fused-ring (bicyclic) bond motifs is 1. The van der Waals surface area contributed by atoms with E-state index < -0.39 is 29.4 Å². The van der Waals surface area contributed by atoms with E-state index in [9.17, 15) is 18.0 Å². The summed E-state index contributed by atoms with van der Waals surface area (Å²) in [6, 6.07) is 5.39. The van der Waals surface area contributed by atoms with Crippen LogP contribution < -0.4 is 16.4 Å². The molecule has 0 aliphatic heterocycles. The van der Waals surface area contributed by atoms with E-state index in [4.69, 9.17) is 5.73 Å². The van der Waals surface area contributed by atoms with Crippen LogP contribution in [0.2, 0.25) is 0 Å². The molecule has 146 valence electrons. The van der Waals surface area contributed by atoms with E-state index in [1.807, 2.05) is 0 Å². The molecule has 1 atom stereocenters. The van der Waals surface area contributed by atoms with Gasteiger partial charge in [0.05, 0.1) is 17.1 Å². The van der Waals surface area contributed by atoms with E-state index in [2.05, 4.69) is 20.6 Å². The van der Waals surface area contributed by atoms with E-state index in [1.54, 1.807) is 32.2 Å². The molecular formula is C19H18F3N5O. The molecule has 0 saturated carbocycles. The Hall–Kier alpha value is -3.20. The van der Waals surface area contributed by atoms with Crippen molar-refractivity contribution in [2.45, 2.75) is 13.0 Å². The number of anilines is 1. The number of nitrogens with zero attached hydrogens (tertiary/aromatic N) is 2. The van der Waals surface area contributed by atoms with Gasteiger partial charge in [0, 0.05) is 23.6 Å². The van der Waals surface area contributed by atoms with Crippen LogP contribution in [0.4, 0.5) is 19.0 Å². The van der Waals surface area contributed by atoms with Gasteiger partial charge in [-0.05, 0) is 32.2 Å². The topological polar surface area (TPSA) is 92.9 Å². The second kappa shape index (κ2) is 7.81. The molecule has 0 spiro atoms. The lowest BCUT2D eigenvalue weighted by atomic mass is 10.0. The molecule has 0 aliphatic carbocycles. The summed E-state index contributed by atoms with van der Waals surface area (Å²) in [6.07, 6.45) is 0. The van der Waals surface area contributed by atoms with Gasteiger partial charge in [-0.2, -0.15) is 0 Å². The Morgan fingerprint density at radius 1 is 1.14 bits per heavy atom. The molecule has 4 N–H and O–H groups in total. The highest BCUT2D eigenvalue weighted by atomic mass is 19.2. The summed E-state index contributed by atoms with van der Waals surface area (Å²) in [4.78, 5) is 20.3. The van der Waals surface area contributed by atoms with Crippen molar-refractivity contribution in [2.75, 3.05) is 18.9 Å². The SMILES string of the molecule is CNCC(Nc1nc(C)nc2c(C(N)=O)cccc12)c1cc(F)c(F)cc1F. The summed E-state index contributed by atoms with van der Waals surface area (Å²) in [5.74, 6) is -3.28. The maximum atomic E-state index is 14.3. The van der Waals surface area contributed by atoms with Gasteiger partial charge < -0.3 is 16.4 Å². The third kappa shape index (κ3) is 3.74. The number of nitrogens with one attached hydrogen (secondary N) is 2. The highest BCUT2D eigenvalue weighted by Gasteiger charge is 2.21. The van der Waals surface area contributed by atoms with Crippen molar-refractivity contribution < 1.29 is 18.0 Å². The van der Waals surface area contributed by atoms with Gasteiger partial charge in [0.2, 0.25) is 0 Å². The fourth-order valence-corrected chi connectivity index (χ4v) is 2.99. The maximum Gasteiger partial charge on any atom is 0.250 e. The first-order valence-electron chi connectivity index (χ1n) is 8.44. The summed E-state index contributed by atoms with van der Waals surface area (Å²) in [5, 5.41) is 6.41. The number of aryl methyl sites for hydroxylation is 1. The number of amides is 1. The summed E-state index contributed by atoms with van der Waals surface area (Å²) in [7, 11) is 1.64. The van der Waals surface area contributed by atoms with Gasteiger partial charge in [-0.15, -0.1) is 0 Å². The first-order valence-corrected chi connectivity index (χ1v) is 8.44. The van der Waals surface area contributed by atoms with E-state index in [0.29, 0.717) is 28.6 Å². The van der Waals surface area contributed by atoms with Crippen LogP contribution >= 0.6 is 0 Å². The third-order valence-corrected chi connectivity index (χ3v) is 4.24. The first kappa shape index (κ1) is 19.6. The molecule has 1 unspecified atom stereocenters. The van der Waals surface area contributed by atoms with Crippen LogP contribution in [0.15, 0.2) is 30.3 Å². The predicted octanol–water partition coefficient (Wildman–Crippen LogP) is 2.83. The molecule has 1 amide bonds. The van der Waals surface area contributed by atoms with E-state index in [1.165, 1.54) is 0 Å². The zero-order chi connectivity index (χ0) is 20.4. The molecule has 0 aliphatic rings. The lowest BCUT2D eigenvalue weighted by molar-refractivity contribution is 0.100. The van der Waals surface area contributed by atoms with Crippen molar-refractivity contribution in [3.63, 3.8) is 0 Å². The van der Waals surface area contributed by atoms with Crippen molar-refractivity contribution in [1.82, 2.24) is 15.3 Å². The molecule has 6 nitrogen and oxygen atoms in total. The number of rotatable bonds is 6. The summed E-state index contributed by atoms with van der Waals surface area (Å²) < 4.78 is 41.3. The second-order valence-corrected chi connectivity index (χ2v) is 6.23. The molecule has 0 fully saturated rings. The Kier molecular flexibility index (Phi) is 5.46. The average molecular weight is 389 g/mol. The number of hydrogen-bond acceptors (Lipinski definition) is 5. The number of hydrogen-bond donors (Lipinski definition) is 3. The van der Waals surface area contributed by atoms with E-state index in [-0.39, 0.29) is 17.7 Å². The zero-order valence-corrected chi connectivity index (χ0v) is 15.2. The standard InChI is InChI=1S/C19H18F3N5O/c1-9-25-17-10(18(23)28)4-3-5-11(17)19(26-9)27-16(8-24-2)12-6-14(21)15(22)7-13(12)20/h3-7,16,24H,8H2,1-2H3,(H2,23,28)(H,25,26,27). The van der Waals surface area contributed by atoms with Crippen LogP contribution in [0.5, 0.6) is 0 Å². The number of aromatic nitrogens is 2. The van der Waals surface area contributed by atoms with Gasteiger partial charge in [-0.25, -0.2) is 23.1 Å². The molecule has 3 rings (SSSR count). The van der Waals surface area contributed by atoms with E-state index >= 15 is 0 Å². The molecule has 9 heteroatoms. The van der Waals surface area contributed by atoms with Crippen LogP contribution in [0.25, 0.3) is 10.9 Å². The minimum Gasteiger partial charge on any atom is -0.366 e. The van der Waals surface area contributed by atoms with Gasteiger partial charge in [0.15, 0.2) is 11.6 Å². The molecule has 0 saturated heterocycles. The number of likely N-dealkylation sites (N-methyl/N-ethyl adjacent to an activating group) is 1. The Morgan fingerprint density at radius 2 is 1.86 bits per heavy atom. The van der Waals surface area contributed by atoms with Crippen molar-refractivity contribution >= 4 is 22.6 Å². The van der Waals surface area contributed by atoms with Gasteiger partial charge in [-0.3, -0.25) is 4.79 Å². The molecule has 1 heterocycles. The minimum atomic E-state index is -1.26. The Bertz CT molecular complexity index is 1060. The number of carbonyl (C=O) groups is 1. The van der Waals surface area contributed by atoms with Crippen molar-refractivity contribution in [2.24, 2.45) is 5.73 Å². The predicted molar refractivity (Wildman–Crippen MR) is 99.4 cm³/mol.